The Morgan fingerprint density at radius 2 is 1.50 bits per heavy atom. The van der Waals surface area contributed by atoms with Crippen LogP contribution in [0.25, 0.3) is 11.5 Å². The second kappa shape index (κ2) is 10.6. The summed E-state index contributed by atoms with van der Waals surface area (Å²) < 4.78 is 38.9. The Bertz CT molecular complexity index is 1380. The van der Waals surface area contributed by atoms with Crippen molar-refractivity contribution in [2.45, 2.75) is 23.4 Å². The van der Waals surface area contributed by atoms with Crippen molar-refractivity contribution in [3.8, 4) is 17.2 Å². The molecule has 3 aromatic carbocycles. The lowest BCUT2D eigenvalue weighted by atomic mass is 10.2. The number of nitrogens with zero attached hydrogens (tertiary/aromatic N) is 3. The third-order valence-electron chi connectivity index (χ3n) is 6.21. The number of hydrogen-bond donors (Lipinski definition) is 0. The van der Waals surface area contributed by atoms with Crippen molar-refractivity contribution in [1.29, 1.82) is 0 Å². The number of oxazole rings is 1. The van der Waals surface area contributed by atoms with Gasteiger partial charge in [-0.25, -0.2) is 8.42 Å². The van der Waals surface area contributed by atoms with E-state index in [2.05, 4.69) is 22.0 Å². The third kappa shape index (κ3) is 5.15. The Labute approximate surface area is 211 Å². The van der Waals surface area contributed by atoms with Crippen molar-refractivity contribution in [2.24, 2.45) is 0 Å². The van der Waals surface area contributed by atoms with Crippen LogP contribution in [-0.2, 0) is 16.4 Å². The Balaban J connectivity index is 1.44. The van der Waals surface area contributed by atoms with Crippen LogP contribution in [0.4, 0.5) is 5.88 Å². The minimum absolute atomic E-state index is 0.0471. The van der Waals surface area contributed by atoms with Gasteiger partial charge in [0, 0.05) is 38.3 Å². The van der Waals surface area contributed by atoms with E-state index in [4.69, 9.17) is 9.15 Å². The highest BCUT2D eigenvalue weighted by molar-refractivity contribution is 7.91. The Morgan fingerprint density at radius 1 is 0.861 bits per heavy atom. The van der Waals surface area contributed by atoms with Gasteiger partial charge in [-0.15, -0.1) is 0 Å². The molecule has 0 spiro atoms. The number of aromatic nitrogens is 1. The maximum atomic E-state index is 13.6. The summed E-state index contributed by atoms with van der Waals surface area (Å²) in [6.45, 7) is 6.21. The number of ether oxygens (including phenoxy) is 1. The molecule has 7 nitrogen and oxygen atoms in total. The first kappa shape index (κ1) is 24.1. The molecule has 186 valence electrons. The number of benzene rings is 3. The Morgan fingerprint density at radius 3 is 2.14 bits per heavy atom. The predicted molar refractivity (Wildman–Crippen MR) is 139 cm³/mol. The number of hydrogen-bond acceptors (Lipinski definition) is 7. The minimum atomic E-state index is -3.87. The molecule has 1 aliphatic rings. The van der Waals surface area contributed by atoms with Crippen molar-refractivity contribution < 1.29 is 17.6 Å². The van der Waals surface area contributed by atoms with Gasteiger partial charge in [-0.3, -0.25) is 4.90 Å². The van der Waals surface area contributed by atoms with Gasteiger partial charge in [-0.2, -0.15) is 4.98 Å². The quantitative estimate of drug-likeness (QED) is 0.339. The molecule has 0 saturated carbocycles. The summed E-state index contributed by atoms with van der Waals surface area (Å²) in [5.74, 6) is 1.30. The van der Waals surface area contributed by atoms with Crippen LogP contribution < -0.4 is 9.64 Å². The summed E-state index contributed by atoms with van der Waals surface area (Å²) in [5, 5.41) is -0.0471. The van der Waals surface area contributed by atoms with E-state index in [1.54, 1.807) is 30.3 Å². The summed E-state index contributed by atoms with van der Waals surface area (Å²) in [4.78, 5) is 9.06. The molecule has 4 aromatic rings. The van der Waals surface area contributed by atoms with Crippen LogP contribution in [0.3, 0.4) is 0 Å². The van der Waals surface area contributed by atoms with Crippen molar-refractivity contribution in [1.82, 2.24) is 9.88 Å². The predicted octanol–water partition coefficient (Wildman–Crippen LogP) is 4.90. The third-order valence-corrected chi connectivity index (χ3v) is 7.88. The van der Waals surface area contributed by atoms with Crippen LogP contribution in [0.15, 0.2) is 99.3 Å². The lowest BCUT2D eigenvalue weighted by molar-refractivity contribution is 0.245. The van der Waals surface area contributed by atoms with Crippen LogP contribution in [0.2, 0.25) is 0 Å². The molecule has 1 aromatic heterocycles. The summed E-state index contributed by atoms with van der Waals surface area (Å²) in [6.07, 6.45) is 0. The summed E-state index contributed by atoms with van der Waals surface area (Å²) >= 11 is 0. The first-order chi connectivity index (χ1) is 17.5. The standard InChI is InChI=1S/C28H29N3O4S/c1-2-34-24-15-13-23(14-16-24)26-29-27(36(32,33)25-11-7-4-8-12-25)28(35-26)31-19-17-30(18-20-31)21-22-9-5-3-6-10-22/h3-16H,2,17-21H2,1H3. The number of anilines is 1. The van der Waals surface area contributed by atoms with Gasteiger partial charge >= 0.3 is 0 Å². The monoisotopic (exact) mass is 503 g/mol. The van der Waals surface area contributed by atoms with Gasteiger partial charge < -0.3 is 14.1 Å². The molecule has 0 N–H and O–H groups in total. The van der Waals surface area contributed by atoms with E-state index in [9.17, 15) is 8.42 Å². The lowest BCUT2D eigenvalue weighted by Gasteiger charge is -2.34. The average Bonchev–Trinajstić information content (AvgIpc) is 3.37. The molecule has 8 heteroatoms. The molecule has 1 fully saturated rings. The average molecular weight is 504 g/mol. The van der Waals surface area contributed by atoms with E-state index in [1.807, 2.05) is 54.3 Å². The minimum Gasteiger partial charge on any atom is -0.494 e. The van der Waals surface area contributed by atoms with Crippen molar-refractivity contribution in [3.63, 3.8) is 0 Å². The van der Waals surface area contributed by atoms with Crippen LogP contribution in [-0.4, -0.2) is 51.1 Å². The molecule has 5 rings (SSSR count). The van der Waals surface area contributed by atoms with Gasteiger partial charge in [0.15, 0.2) is 0 Å². The van der Waals surface area contributed by atoms with Crippen molar-refractivity contribution in [2.75, 3.05) is 37.7 Å². The molecule has 1 aliphatic heterocycles. The fourth-order valence-corrected chi connectivity index (χ4v) is 5.66. The summed E-state index contributed by atoms with van der Waals surface area (Å²) in [6, 6.07) is 26.1. The molecule has 0 unspecified atom stereocenters. The first-order valence-corrected chi connectivity index (χ1v) is 13.6. The molecular weight excluding hydrogens is 474 g/mol. The fraction of sp³-hybridized carbons (Fsp3) is 0.250. The Hall–Kier alpha value is -3.62. The van der Waals surface area contributed by atoms with E-state index < -0.39 is 9.84 Å². The number of sulfone groups is 1. The van der Waals surface area contributed by atoms with Crippen molar-refractivity contribution in [3.05, 3.63) is 90.5 Å². The second-order valence-corrected chi connectivity index (χ2v) is 10.5. The van der Waals surface area contributed by atoms with Gasteiger partial charge in [-0.05, 0) is 48.9 Å². The van der Waals surface area contributed by atoms with Crippen LogP contribution in [0.5, 0.6) is 5.75 Å². The highest BCUT2D eigenvalue weighted by Crippen LogP contribution is 2.35. The molecule has 0 atom stereocenters. The normalized spacial score (nSPS) is 14.6. The molecule has 0 bridgehead atoms. The molecule has 0 radical (unpaired) electrons. The molecule has 36 heavy (non-hydrogen) atoms. The zero-order chi connectivity index (χ0) is 25.0. The van der Waals surface area contributed by atoms with E-state index in [-0.39, 0.29) is 15.8 Å². The van der Waals surface area contributed by atoms with Gasteiger partial charge in [0.1, 0.15) is 5.75 Å². The Kier molecular flexibility index (Phi) is 7.06. The van der Waals surface area contributed by atoms with Crippen LogP contribution >= 0.6 is 0 Å². The van der Waals surface area contributed by atoms with E-state index >= 15 is 0 Å². The maximum absolute atomic E-state index is 13.6. The largest absolute Gasteiger partial charge is 0.494 e. The van der Waals surface area contributed by atoms with Crippen molar-refractivity contribution >= 4 is 15.7 Å². The van der Waals surface area contributed by atoms with Crippen LogP contribution in [0, 0.1) is 0 Å². The van der Waals surface area contributed by atoms with Crippen LogP contribution in [0.1, 0.15) is 12.5 Å². The van der Waals surface area contributed by atoms with Gasteiger partial charge in [-0.1, -0.05) is 48.5 Å². The highest BCUT2D eigenvalue weighted by atomic mass is 32.2. The van der Waals surface area contributed by atoms with Gasteiger partial charge in [0.25, 0.3) is 0 Å². The molecule has 0 aliphatic carbocycles. The molecule has 0 amide bonds. The molecule has 1 saturated heterocycles. The first-order valence-electron chi connectivity index (χ1n) is 12.1. The summed E-state index contributed by atoms with van der Waals surface area (Å²) in [7, 11) is -3.87. The van der Waals surface area contributed by atoms with E-state index in [0.717, 1.165) is 25.4 Å². The highest BCUT2D eigenvalue weighted by Gasteiger charge is 2.32. The topological polar surface area (TPSA) is 75.9 Å². The zero-order valence-corrected chi connectivity index (χ0v) is 21.0. The lowest BCUT2D eigenvalue weighted by Crippen LogP contribution is -2.46. The van der Waals surface area contributed by atoms with E-state index in [1.165, 1.54) is 5.56 Å². The SMILES string of the molecule is CCOc1ccc(-c2nc(S(=O)(=O)c3ccccc3)c(N3CCN(Cc4ccccc4)CC3)o2)cc1. The number of rotatable bonds is 8. The molecular formula is C28H29N3O4S. The zero-order valence-electron chi connectivity index (χ0n) is 20.2. The van der Waals surface area contributed by atoms with Gasteiger partial charge in [0.05, 0.1) is 11.5 Å². The fourth-order valence-electron chi connectivity index (χ4n) is 4.32. The number of piperazine rings is 1. The maximum Gasteiger partial charge on any atom is 0.236 e. The summed E-state index contributed by atoms with van der Waals surface area (Å²) in [5.41, 5.74) is 1.95. The van der Waals surface area contributed by atoms with E-state index in [0.29, 0.717) is 31.1 Å². The second-order valence-electron chi connectivity index (χ2n) is 8.65. The smallest absolute Gasteiger partial charge is 0.236 e. The van der Waals surface area contributed by atoms with Gasteiger partial charge in [0.2, 0.25) is 26.6 Å². The molecule has 2 heterocycles.